The van der Waals surface area contributed by atoms with Crippen LogP contribution in [0.1, 0.15) is 50.6 Å². The van der Waals surface area contributed by atoms with Crippen molar-refractivity contribution < 1.29 is 0 Å². The van der Waals surface area contributed by atoms with E-state index in [2.05, 4.69) is 41.5 Å². The molecular weight excluding hydrogens is 244 g/mol. The lowest BCUT2D eigenvalue weighted by Crippen LogP contribution is -2.23. The molecule has 1 saturated carbocycles. The van der Waals surface area contributed by atoms with Crippen molar-refractivity contribution in [2.75, 3.05) is 6.54 Å². The highest BCUT2D eigenvalue weighted by Crippen LogP contribution is 2.35. The van der Waals surface area contributed by atoms with Gasteiger partial charge in [0.15, 0.2) is 0 Å². The van der Waals surface area contributed by atoms with E-state index < -0.39 is 0 Å². The van der Waals surface area contributed by atoms with Crippen molar-refractivity contribution in [3.63, 3.8) is 0 Å². The second kappa shape index (κ2) is 6.36. The van der Waals surface area contributed by atoms with E-state index in [1.54, 1.807) is 0 Å². The van der Waals surface area contributed by atoms with Gasteiger partial charge in [-0.2, -0.15) is 0 Å². The second-order valence-corrected chi connectivity index (χ2v) is 5.94. The normalized spacial score (nSPS) is 17.6. The molecule has 106 valence electrons. The molecule has 1 aliphatic rings. The van der Waals surface area contributed by atoms with Crippen LogP contribution < -0.4 is 5.32 Å². The van der Waals surface area contributed by atoms with Gasteiger partial charge in [-0.25, -0.2) is 0 Å². The average molecular weight is 268 g/mol. The van der Waals surface area contributed by atoms with Crippen molar-refractivity contribution in [2.24, 2.45) is 5.92 Å². The fraction of sp³-hybridized carbons (Fsp3) is 0.500. The van der Waals surface area contributed by atoms with E-state index in [1.807, 2.05) is 12.4 Å². The van der Waals surface area contributed by atoms with Gasteiger partial charge in [-0.3, -0.25) is 4.98 Å². The van der Waals surface area contributed by atoms with Gasteiger partial charge < -0.3 is 5.32 Å². The fourth-order valence-electron chi connectivity index (χ4n) is 3.60. The molecule has 1 unspecified atom stereocenters. The average Bonchev–Trinajstić information content (AvgIpc) is 2.99. The molecule has 1 atom stereocenters. The van der Waals surface area contributed by atoms with Crippen LogP contribution in [0.5, 0.6) is 0 Å². The third kappa shape index (κ3) is 2.85. The standard InChI is InChI=1S/C18H24N2/c1-2-20-18(12-14-6-3-4-7-14)17-9-5-8-15-13-19-11-10-16(15)17/h5,8-11,13-14,18,20H,2-4,6-7,12H2,1H3. The Hall–Kier alpha value is -1.41. The van der Waals surface area contributed by atoms with Crippen molar-refractivity contribution in [3.8, 4) is 0 Å². The molecule has 2 nitrogen and oxygen atoms in total. The van der Waals surface area contributed by atoms with Crippen LogP contribution in [-0.2, 0) is 0 Å². The first-order valence-electron chi connectivity index (χ1n) is 7.94. The minimum Gasteiger partial charge on any atom is -0.310 e. The van der Waals surface area contributed by atoms with Gasteiger partial charge in [0, 0.05) is 23.8 Å². The highest BCUT2D eigenvalue weighted by molar-refractivity contribution is 5.85. The maximum Gasteiger partial charge on any atom is 0.0346 e. The molecule has 0 spiro atoms. The molecule has 0 amide bonds. The molecule has 1 fully saturated rings. The van der Waals surface area contributed by atoms with Crippen LogP contribution in [0.2, 0.25) is 0 Å². The number of benzene rings is 1. The van der Waals surface area contributed by atoms with Crippen molar-refractivity contribution >= 4 is 10.8 Å². The zero-order valence-corrected chi connectivity index (χ0v) is 12.3. The first-order chi connectivity index (χ1) is 9.88. The Morgan fingerprint density at radius 2 is 2.10 bits per heavy atom. The summed E-state index contributed by atoms with van der Waals surface area (Å²) in [5.74, 6) is 0.899. The maximum atomic E-state index is 4.24. The van der Waals surface area contributed by atoms with Gasteiger partial charge in [-0.05, 0) is 35.9 Å². The molecule has 1 aliphatic carbocycles. The van der Waals surface area contributed by atoms with E-state index in [9.17, 15) is 0 Å². The lowest BCUT2D eigenvalue weighted by atomic mass is 9.91. The molecule has 0 aliphatic heterocycles. The highest BCUT2D eigenvalue weighted by Gasteiger charge is 2.21. The summed E-state index contributed by atoms with van der Waals surface area (Å²) in [4.78, 5) is 4.24. The first kappa shape index (κ1) is 13.6. The van der Waals surface area contributed by atoms with Crippen molar-refractivity contribution in [3.05, 3.63) is 42.2 Å². The summed E-state index contributed by atoms with van der Waals surface area (Å²) in [6.45, 7) is 3.23. The van der Waals surface area contributed by atoms with Crippen LogP contribution in [0, 0.1) is 5.92 Å². The minimum absolute atomic E-state index is 0.481. The quantitative estimate of drug-likeness (QED) is 0.865. The zero-order chi connectivity index (χ0) is 13.8. The molecule has 1 N–H and O–H groups in total. The number of nitrogens with zero attached hydrogens (tertiary/aromatic N) is 1. The number of nitrogens with one attached hydrogen (secondary N) is 1. The highest BCUT2D eigenvalue weighted by atomic mass is 14.9. The maximum absolute atomic E-state index is 4.24. The van der Waals surface area contributed by atoms with Gasteiger partial charge in [0.1, 0.15) is 0 Å². The Labute approximate surface area is 121 Å². The van der Waals surface area contributed by atoms with Crippen LogP contribution in [0.4, 0.5) is 0 Å². The minimum atomic E-state index is 0.481. The number of pyridine rings is 1. The summed E-state index contributed by atoms with van der Waals surface area (Å²) in [5, 5.41) is 6.30. The lowest BCUT2D eigenvalue weighted by molar-refractivity contribution is 0.402. The number of aromatic nitrogens is 1. The largest absolute Gasteiger partial charge is 0.310 e. The van der Waals surface area contributed by atoms with Gasteiger partial charge in [0.25, 0.3) is 0 Å². The fourth-order valence-corrected chi connectivity index (χ4v) is 3.60. The van der Waals surface area contributed by atoms with Crippen LogP contribution in [0.25, 0.3) is 10.8 Å². The third-order valence-electron chi connectivity index (χ3n) is 4.58. The summed E-state index contributed by atoms with van der Waals surface area (Å²) in [7, 11) is 0. The smallest absolute Gasteiger partial charge is 0.0346 e. The van der Waals surface area contributed by atoms with Gasteiger partial charge in [-0.1, -0.05) is 50.8 Å². The first-order valence-corrected chi connectivity index (χ1v) is 7.94. The Morgan fingerprint density at radius 3 is 2.90 bits per heavy atom. The van der Waals surface area contributed by atoms with Crippen LogP contribution in [0.3, 0.4) is 0 Å². The number of hydrogen-bond donors (Lipinski definition) is 1. The Morgan fingerprint density at radius 1 is 1.25 bits per heavy atom. The Balaban J connectivity index is 1.91. The molecule has 2 heteroatoms. The van der Waals surface area contributed by atoms with E-state index in [0.717, 1.165) is 12.5 Å². The molecule has 1 aromatic carbocycles. The van der Waals surface area contributed by atoms with Gasteiger partial charge in [0.05, 0.1) is 0 Å². The summed E-state index contributed by atoms with van der Waals surface area (Å²) in [6.07, 6.45) is 10.8. The number of rotatable bonds is 5. The number of fused-ring (bicyclic) bond motifs is 1. The molecule has 1 heterocycles. The molecule has 2 aromatic rings. The van der Waals surface area contributed by atoms with Gasteiger partial charge >= 0.3 is 0 Å². The molecule has 0 radical (unpaired) electrons. The van der Waals surface area contributed by atoms with Gasteiger partial charge in [0.2, 0.25) is 0 Å². The molecule has 20 heavy (non-hydrogen) atoms. The van der Waals surface area contributed by atoms with E-state index in [0.29, 0.717) is 6.04 Å². The Bertz CT molecular complexity index is 553. The summed E-state index contributed by atoms with van der Waals surface area (Å²) in [5.41, 5.74) is 1.44. The van der Waals surface area contributed by atoms with Crippen LogP contribution in [-0.4, -0.2) is 11.5 Å². The predicted molar refractivity (Wildman–Crippen MR) is 84.7 cm³/mol. The van der Waals surface area contributed by atoms with Crippen molar-refractivity contribution in [1.29, 1.82) is 0 Å². The SMILES string of the molecule is CCNC(CC1CCCC1)c1cccc2cnccc12. The number of hydrogen-bond acceptors (Lipinski definition) is 2. The zero-order valence-electron chi connectivity index (χ0n) is 12.3. The van der Waals surface area contributed by atoms with E-state index >= 15 is 0 Å². The summed E-state index contributed by atoms with van der Waals surface area (Å²) >= 11 is 0. The topological polar surface area (TPSA) is 24.9 Å². The monoisotopic (exact) mass is 268 g/mol. The Kier molecular flexibility index (Phi) is 4.31. The van der Waals surface area contributed by atoms with E-state index in [4.69, 9.17) is 0 Å². The van der Waals surface area contributed by atoms with Crippen LogP contribution in [0.15, 0.2) is 36.7 Å². The summed E-state index contributed by atoms with van der Waals surface area (Å²) in [6, 6.07) is 9.24. The third-order valence-corrected chi connectivity index (χ3v) is 4.58. The van der Waals surface area contributed by atoms with Gasteiger partial charge in [-0.15, -0.1) is 0 Å². The predicted octanol–water partition coefficient (Wildman–Crippen LogP) is 4.47. The van der Waals surface area contributed by atoms with Crippen molar-refractivity contribution in [1.82, 2.24) is 10.3 Å². The lowest BCUT2D eigenvalue weighted by Gasteiger charge is -2.23. The molecule has 1 aromatic heterocycles. The molecule has 0 saturated heterocycles. The molecular formula is C18H24N2. The summed E-state index contributed by atoms with van der Waals surface area (Å²) < 4.78 is 0. The molecule has 0 bridgehead atoms. The molecule has 3 rings (SSSR count). The van der Waals surface area contributed by atoms with Crippen molar-refractivity contribution in [2.45, 2.75) is 45.1 Å². The van der Waals surface area contributed by atoms with E-state index in [-0.39, 0.29) is 0 Å². The second-order valence-electron chi connectivity index (χ2n) is 5.94. The van der Waals surface area contributed by atoms with E-state index in [1.165, 1.54) is 48.4 Å². The van der Waals surface area contributed by atoms with Crippen LogP contribution >= 0.6 is 0 Å².